The van der Waals surface area contributed by atoms with Gasteiger partial charge in [0.05, 0.1) is 12.9 Å². The maximum atomic E-state index is 11.3. The molecule has 22 heavy (non-hydrogen) atoms. The van der Waals surface area contributed by atoms with Gasteiger partial charge in [0.2, 0.25) is 5.79 Å². The fraction of sp³-hybridized carbons (Fsp3) is 1.00. The zero-order valence-corrected chi connectivity index (χ0v) is 14.1. The van der Waals surface area contributed by atoms with E-state index in [1.54, 1.807) is 27.7 Å². The molecule has 128 valence electrons. The Morgan fingerprint density at radius 3 is 2.41 bits per heavy atom. The molecule has 9 heteroatoms. The Morgan fingerprint density at radius 1 is 1.09 bits per heavy atom. The Balaban J connectivity index is 1.87. The second kappa shape index (κ2) is 4.85. The molecule has 3 rings (SSSR count). The van der Waals surface area contributed by atoms with Crippen molar-refractivity contribution in [3.8, 4) is 0 Å². The van der Waals surface area contributed by atoms with Crippen LogP contribution in [0.3, 0.4) is 0 Å². The first-order chi connectivity index (χ1) is 9.92. The molecule has 3 aliphatic heterocycles. The summed E-state index contributed by atoms with van der Waals surface area (Å²) in [6, 6.07) is 0. The van der Waals surface area contributed by atoms with E-state index >= 15 is 0 Å². The molecule has 3 aliphatic rings. The fourth-order valence-electron chi connectivity index (χ4n) is 3.14. The van der Waals surface area contributed by atoms with E-state index in [0.29, 0.717) is 0 Å². The van der Waals surface area contributed by atoms with Gasteiger partial charge in [-0.3, -0.25) is 4.18 Å². The highest BCUT2D eigenvalue weighted by atomic mass is 32.2. The number of rotatable bonds is 3. The van der Waals surface area contributed by atoms with Gasteiger partial charge >= 0.3 is 0 Å². The second-order valence-electron chi connectivity index (χ2n) is 6.77. The van der Waals surface area contributed by atoms with E-state index in [0.717, 1.165) is 6.26 Å². The lowest BCUT2D eigenvalue weighted by atomic mass is 9.98. The number of ether oxygens (including phenoxy) is 5. The van der Waals surface area contributed by atoms with Crippen LogP contribution < -0.4 is 0 Å². The molecular weight excluding hydrogens is 316 g/mol. The van der Waals surface area contributed by atoms with Gasteiger partial charge in [-0.1, -0.05) is 0 Å². The van der Waals surface area contributed by atoms with Gasteiger partial charge in [0.15, 0.2) is 11.6 Å². The molecule has 3 saturated heterocycles. The maximum Gasteiger partial charge on any atom is 0.264 e. The van der Waals surface area contributed by atoms with Gasteiger partial charge < -0.3 is 23.7 Å². The van der Waals surface area contributed by atoms with E-state index in [4.69, 9.17) is 27.9 Å². The van der Waals surface area contributed by atoms with Crippen molar-refractivity contribution in [3.63, 3.8) is 0 Å². The van der Waals surface area contributed by atoms with Gasteiger partial charge in [0.1, 0.15) is 24.9 Å². The monoisotopic (exact) mass is 338 g/mol. The van der Waals surface area contributed by atoms with Gasteiger partial charge in [0, 0.05) is 0 Å². The molecule has 0 radical (unpaired) electrons. The van der Waals surface area contributed by atoms with Crippen LogP contribution >= 0.6 is 0 Å². The first kappa shape index (κ1) is 16.6. The normalized spacial score (nSPS) is 42.9. The van der Waals surface area contributed by atoms with E-state index in [2.05, 4.69) is 0 Å². The molecule has 4 unspecified atom stereocenters. The lowest BCUT2D eigenvalue weighted by Gasteiger charge is -2.40. The number of hydrogen-bond acceptors (Lipinski definition) is 8. The number of hydrogen-bond donors (Lipinski definition) is 0. The van der Waals surface area contributed by atoms with Crippen LogP contribution in [0, 0.1) is 0 Å². The zero-order chi connectivity index (χ0) is 16.4. The molecule has 0 N–H and O–H groups in total. The predicted octanol–water partition coefficient (Wildman–Crippen LogP) is 0.361. The molecule has 0 aromatic rings. The lowest BCUT2D eigenvalue weighted by molar-refractivity contribution is -0.290. The summed E-state index contributed by atoms with van der Waals surface area (Å²) in [7, 11) is -3.64. The van der Waals surface area contributed by atoms with Crippen LogP contribution in [0.2, 0.25) is 0 Å². The number of fused-ring (bicyclic) bond motifs is 3. The van der Waals surface area contributed by atoms with Gasteiger partial charge in [-0.2, -0.15) is 8.42 Å². The summed E-state index contributed by atoms with van der Waals surface area (Å²) in [5.74, 6) is -3.05. The van der Waals surface area contributed by atoms with Crippen LogP contribution in [0.15, 0.2) is 0 Å². The highest BCUT2D eigenvalue weighted by Gasteiger charge is 2.65. The molecule has 4 atom stereocenters. The van der Waals surface area contributed by atoms with E-state index in [9.17, 15) is 8.42 Å². The third-order valence-electron chi connectivity index (χ3n) is 3.75. The SMILES string of the molecule is CC1(C)OC2COC3(COS(C)(=O)=O)OC(C)(C)OC3C2O1. The van der Waals surface area contributed by atoms with Gasteiger partial charge in [-0.25, -0.2) is 0 Å². The highest BCUT2D eigenvalue weighted by Crippen LogP contribution is 2.47. The van der Waals surface area contributed by atoms with Crippen molar-refractivity contribution in [1.82, 2.24) is 0 Å². The van der Waals surface area contributed by atoms with E-state index in [1.165, 1.54) is 0 Å². The molecule has 0 saturated carbocycles. The third kappa shape index (κ3) is 3.03. The molecule has 0 bridgehead atoms. The Morgan fingerprint density at radius 2 is 1.77 bits per heavy atom. The molecule has 8 nitrogen and oxygen atoms in total. The van der Waals surface area contributed by atoms with Crippen LogP contribution in [-0.4, -0.2) is 63.6 Å². The maximum absolute atomic E-state index is 11.3. The highest BCUT2D eigenvalue weighted by molar-refractivity contribution is 7.85. The summed E-state index contributed by atoms with van der Waals surface area (Å²) >= 11 is 0. The fourth-order valence-corrected chi connectivity index (χ4v) is 3.52. The van der Waals surface area contributed by atoms with Crippen molar-refractivity contribution >= 4 is 10.1 Å². The summed E-state index contributed by atoms with van der Waals surface area (Å²) < 4.78 is 56.8. The van der Waals surface area contributed by atoms with Crippen molar-refractivity contribution in [2.45, 2.75) is 63.4 Å². The second-order valence-corrected chi connectivity index (χ2v) is 8.41. The van der Waals surface area contributed by atoms with Crippen LogP contribution in [0.25, 0.3) is 0 Å². The van der Waals surface area contributed by atoms with Crippen molar-refractivity contribution < 1.29 is 36.3 Å². The molecular formula is C13H22O8S. The van der Waals surface area contributed by atoms with Crippen LogP contribution in [-0.2, 0) is 38.0 Å². The molecule has 0 aliphatic carbocycles. The average Bonchev–Trinajstić information content (AvgIpc) is 2.78. The van der Waals surface area contributed by atoms with E-state index in [1.807, 2.05) is 0 Å². The predicted molar refractivity (Wildman–Crippen MR) is 73.3 cm³/mol. The molecule has 0 amide bonds. The minimum absolute atomic E-state index is 0.206. The molecule has 3 fully saturated rings. The molecule has 3 heterocycles. The van der Waals surface area contributed by atoms with Crippen molar-refractivity contribution in [2.75, 3.05) is 19.5 Å². The van der Waals surface area contributed by atoms with Crippen LogP contribution in [0.5, 0.6) is 0 Å². The Labute approximate surface area is 130 Å². The van der Waals surface area contributed by atoms with Gasteiger partial charge in [-0.05, 0) is 27.7 Å². The first-order valence-electron chi connectivity index (χ1n) is 7.13. The van der Waals surface area contributed by atoms with E-state index in [-0.39, 0.29) is 19.3 Å². The van der Waals surface area contributed by atoms with Gasteiger partial charge in [0.25, 0.3) is 10.1 Å². The average molecular weight is 338 g/mol. The Bertz CT molecular complexity index is 556. The topological polar surface area (TPSA) is 89.5 Å². The standard InChI is InChI=1S/C13H22O8S/c1-11(2)18-8-6-16-13(7-17-22(5,14)15)10(9(8)19-11)20-12(3,4)21-13/h8-10H,6-7H2,1-5H3. The van der Waals surface area contributed by atoms with Crippen molar-refractivity contribution in [3.05, 3.63) is 0 Å². The Kier molecular flexibility index (Phi) is 3.65. The smallest absolute Gasteiger partial charge is 0.264 e. The zero-order valence-electron chi connectivity index (χ0n) is 13.3. The molecule has 0 aromatic heterocycles. The van der Waals surface area contributed by atoms with Crippen molar-refractivity contribution in [2.24, 2.45) is 0 Å². The third-order valence-corrected chi connectivity index (χ3v) is 4.29. The quantitative estimate of drug-likeness (QED) is 0.682. The first-order valence-corrected chi connectivity index (χ1v) is 8.95. The molecule has 0 spiro atoms. The largest absolute Gasteiger partial charge is 0.343 e. The molecule has 0 aromatic carbocycles. The Hall–Kier alpha value is -0.290. The summed E-state index contributed by atoms with van der Waals surface area (Å²) in [5.41, 5.74) is 0. The van der Waals surface area contributed by atoms with E-state index < -0.39 is 39.7 Å². The summed E-state index contributed by atoms with van der Waals surface area (Å²) in [5, 5.41) is 0. The van der Waals surface area contributed by atoms with Crippen LogP contribution in [0.1, 0.15) is 27.7 Å². The summed E-state index contributed by atoms with van der Waals surface area (Å²) in [4.78, 5) is 0. The van der Waals surface area contributed by atoms with Crippen LogP contribution in [0.4, 0.5) is 0 Å². The minimum atomic E-state index is -3.64. The lowest BCUT2D eigenvalue weighted by Crippen LogP contribution is -2.60. The summed E-state index contributed by atoms with van der Waals surface area (Å²) in [6.07, 6.45) is -0.397. The van der Waals surface area contributed by atoms with Crippen molar-refractivity contribution in [1.29, 1.82) is 0 Å². The minimum Gasteiger partial charge on any atom is -0.343 e. The van der Waals surface area contributed by atoms with Gasteiger partial charge in [-0.15, -0.1) is 0 Å². The summed E-state index contributed by atoms with van der Waals surface area (Å²) in [6.45, 7) is 6.98.